The van der Waals surface area contributed by atoms with Crippen LogP contribution in [-0.4, -0.2) is 11.6 Å². The van der Waals surface area contributed by atoms with Crippen molar-refractivity contribution < 1.29 is 4.74 Å². The van der Waals surface area contributed by atoms with Gasteiger partial charge < -0.3 is 10.1 Å². The molecular weight excluding hydrogens is 314 g/mol. The van der Waals surface area contributed by atoms with Gasteiger partial charge in [0.05, 0.1) is 6.10 Å². The van der Waals surface area contributed by atoms with E-state index >= 15 is 0 Å². The van der Waals surface area contributed by atoms with E-state index in [1.54, 1.807) is 0 Å². The van der Waals surface area contributed by atoms with E-state index in [0.29, 0.717) is 6.10 Å². The molecule has 0 spiro atoms. The zero-order valence-corrected chi connectivity index (χ0v) is 15.2. The maximum absolute atomic E-state index is 6.23. The van der Waals surface area contributed by atoms with E-state index in [2.05, 4.69) is 74.9 Å². The predicted octanol–water partition coefficient (Wildman–Crippen LogP) is 5.21. The highest BCUT2D eigenvalue weighted by molar-refractivity contribution is 9.10. The van der Waals surface area contributed by atoms with Crippen LogP contribution in [0.5, 0.6) is 5.75 Å². The average molecular weight is 342 g/mol. The molecule has 1 N–H and O–H groups in total. The van der Waals surface area contributed by atoms with Crippen molar-refractivity contribution in [3.05, 3.63) is 27.7 Å². The number of hydrogen-bond donors (Lipinski definition) is 1. The third-order valence-electron chi connectivity index (χ3n) is 3.32. The molecule has 114 valence electrons. The van der Waals surface area contributed by atoms with Gasteiger partial charge >= 0.3 is 0 Å². The molecule has 0 aromatic heterocycles. The predicted molar refractivity (Wildman–Crippen MR) is 90.5 cm³/mol. The summed E-state index contributed by atoms with van der Waals surface area (Å²) in [4.78, 5) is 0. The van der Waals surface area contributed by atoms with Crippen LogP contribution in [0.1, 0.15) is 58.6 Å². The molecule has 20 heavy (non-hydrogen) atoms. The van der Waals surface area contributed by atoms with E-state index in [9.17, 15) is 0 Å². The molecule has 0 saturated carbocycles. The molecule has 1 rings (SSSR count). The Kier molecular flexibility index (Phi) is 6.53. The third-order valence-corrected chi connectivity index (χ3v) is 3.78. The van der Waals surface area contributed by atoms with Crippen LogP contribution in [0.4, 0.5) is 0 Å². The van der Waals surface area contributed by atoms with Crippen molar-refractivity contribution in [2.45, 2.75) is 72.6 Å². The molecule has 0 unspecified atom stereocenters. The second-order valence-electron chi connectivity index (χ2n) is 6.37. The van der Waals surface area contributed by atoms with E-state index in [4.69, 9.17) is 4.74 Å². The van der Waals surface area contributed by atoms with Gasteiger partial charge in [-0.1, -0.05) is 29.8 Å². The zero-order chi connectivity index (χ0) is 15.3. The molecule has 0 bridgehead atoms. The molecule has 0 amide bonds. The van der Waals surface area contributed by atoms with Crippen LogP contribution in [0.2, 0.25) is 0 Å². The fraction of sp³-hybridized carbons (Fsp3) is 0.647. The first-order chi connectivity index (χ1) is 9.26. The van der Waals surface area contributed by atoms with Crippen LogP contribution in [0, 0.1) is 6.92 Å². The maximum atomic E-state index is 6.23. The van der Waals surface area contributed by atoms with Crippen LogP contribution >= 0.6 is 15.9 Å². The molecule has 0 heterocycles. The number of benzene rings is 1. The Morgan fingerprint density at radius 2 is 1.80 bits per heavy atom. The monoisotopic (exact) mass is 341 g/mol. The summed E-state index contributed by atoms with van der Waals surface area (Å²) in [5.41, 5.74) is 2.51. The minimum Gasteiger partial charge on any atom is -0.490 e. The van der Waals surface area contributed by atoms with Crippen molar-refractivity contribution in [3.8, 4) is 5.75 Å². The molecule has 0 aliphatic heterocycles. The van der Waals surface area contributed by atoms with Gasteiger partial charge in [-0.05, 0) is 58.2 Å². The molecule has 1 aromatic rings. The fourth-order valence-electron chi connectivity index (χ4n) is 2.08. The molecule has 0 aliphatic rings. The normalized spacial score (nSPS) is 12.0. The van der Waals surface area contributed by atoms with E-state index in [0.717, 1.165) is 29.6 Å². The molecule has 0 aliphatic carbocycles. The maximum Gasteiger partial charge on any atom is 0.127 e. The smallest absolute Gasteiger partial charge is 0.127 e. The first-order valence-electron chi connectivity index (χ1n) is 7.47. The van der Waals surface area contributed by atoms with Crippen LogP contribution < -0.4 is 10.1 Å². The Bertz CT molecular complexity index is 433. The molecule has 3 heteroatoms. The summed E-state index contributed by atoms with van der Waals surface area (Å²) in [5, 5.41) is 3.54. The number of nitrogens with one attached hydrogen (secondary N) is 1. The molecule has 0 saturated heterocycles. The van der Waals surface area contributed by atoms with E-state index in [1.165, 1.54) is 11.1 Å². The van der Waals surface area contributed by atoms with Gasteiger partial charge in [0.2, 0.25) is 0 Å². The van der Waals surface area contributed by atoms with Crippen LogP contribution in [0.15, 0.2) is 16.6 Å². The minimum absolute atomic E-state index is 0.0996. The van der Waals surface area contributed by atoms with Gasteiger partial charge in [-0.15, -0.1) is 0 Å². The summed E-state index contributed by atoms with van der Waals surface area (Å²) >= 11 is 3.58. The summed E-state index contributed by atoms with van der Waals surface area (Å²) in [5.74, 6) is 1.04. The van der Waals surface area contributed by atoms with Crippen LogP contribution in [-0.2, 0) is 6.54 Å². The lowest BCUT2D eigenvalue weighted by atomic mass is 10.1. The average Bonchev–Trinajstić information content (AvgIpc) is 2.34. The van der Waals surface area contributed by atoms with Crippen molar-refractivity contribution in [3.63, 3.8) is 0 Å². The highest BCUT2D eigenvalue weighted by Gasteiger charge is 2.15. The number of halogens is 1. The highest BCUT2D eigenvalue weighted by atomic mass is 79.9. The third kappa shape index (κ3) is 5.45. The SMILES string of the molecule is CCC(CC)Oc1c(C)cc(Br)cc1CNC(C)(C)C. The number of ether oxygens (including phenoxy) is 1. The lowest BCUT2D eigenvalue weighted by Gasteiger charge is -2.24. The Hall–Kier alpha value is -0.540. The second-order valence-corrected chi connectivity index (χ2v) is 7.29. The number of rotatable bonds is 6. The summed E-state index contributed by atoms with van der Waals surface area (Å²) < 4.78 is 7.34. The van der Waals surface area contributed by atoms with Crippen molar-refractivity contribution in [2.24, 2.45) is 0 Å². The van der Waals surface area contributed by atoms with Crippen molar-refractivity contribution in [1.29, 1.82) is 0 Å². The topological polar surface area (TPSA) is 21.3 Å². The summed E-state index contributed by atoms with van der Waals surface area (Å²) in [7, 11) is 0. The molecular formula is C17H28BrNO. The molecule has 0 atom stereocenters. The fourth-order valence-corrected chi connectivity index (χ4v) is 2.70. The Labute approximate surface area is 132 Å². The van der Waals surface area contributed by atoms with E-state index in [1.807, 2.05) is 0 Å². The lowest BCUT2D eigenvalue weighted by molar-refractivity contribution is 0.189. The van der Waals surface area contributed by atoms with Gasteiger partial charge in [-0.3, -0.25) is 0 Å². The summed E-state index contributed by atoms with van der Waals surface area (Å²) in [6, 6.07) is 4.28. The van der Waals surface area contributed by atoms with Crippen molar-refractivity contribution in [1.82, 2.24) is 5.32 Å². The van der Waals surface area contributed by atoms with Crippen LogP contribution in [0.3, 0.4) is 0 Å². The van der Waals surface area contributed by atoms with E-state index in [-0.39, 0.29) is 5.54 Å². The largest absolute Gasteiger partial charge is 0.490 e. The number of aryl methyl sites for hydroxylation is 1. The molecule has 0 radical (unpaired) electrons. The summed E-state index contributed by atoms with van der Waals surface area (Å²) in [6.07, 6.45) is 2.37. The molecule has 1 aromatic carbocycles. The molecule has 2 nitrogen and oxygen atoms in total. The second kappa shape index (κ2) is 7.46. The van der Waals surface area contributed by atoms with Gasteiger partial charge in [-0.25, -0.2) is 0 Å². The van der Waals surface area contributed by atoms with E-state index < -0.39 is 0 Å². The van der Waals surface area contributed by atoms with Gasteiger partial charge in [0.15, 0.2) is 0 Å². The van der Waals surface area contributed by atoms with Crippen LogP contribution in [0.25, 0.3) is 0 Å². The van der Waals surface area contributed by atoms with Gasteiger partial charge in [0.1, 0.15) is 5.75 Å². The quantitative estimate of drug-likeness (QED) is 0.766. The number of hydrogen-bond acceptors (Lipinski definition) is 2. The van der Waals surface area contributed by atoms with Crippen molar-refractivity contribution >= 4 is 15.9 Å². The lowest BCUT2D eigenvalue weighted by Crippen LogP contribution is -2.35. The standard InChI is InChI=1S/C17H28BrNO/c1-7-15(8-2)20-16-12(3)9-14(18)10-13(16)11-19-17(4,5)6/h9-10,15,19H,7-8,11H2,1-6H3. The molecule has 0 fully saturated rings. The first kappa shape index (κ1) is 17.5. The summed E-state index contributed by atoms with van der Waals surface area (Å²) in [6.45, 7) is 13.8. The van der Waals surface area contributed by atoms with Gasteiger partial charge in [0.25, 0.3) is 0 Å². The first-order valence-corrected chi connectivity index (χ1v) is 8.26. The minimum atomic E-state index is 0.0996. The van der Waals surface area contributed by atoms with Crippen molar-refractivity contribution in [2.75, 3.05) is 0 Å². The highest BCUT2D eigenvalue weighted by Crippen LogP contribution is 2.30. The Morgan fingerprint density at radius 1 is 1.20 bits per heavy atom. The Morgan fingerprint density at radius 3 is 2.30 bits per heavy atom. The van der Waals surface area contributed by atoms with Gasteiger partial charge in [0, 0.05) is 22.1 Å². The van der Waals surface area contributed by atoms with Gasteiger partial charge in [-0.2, -0.15) is 0 Å². The zero-order valence-electron chi connectivity index (χ0n) is 13.6. The Balaban J connectivity index is 3.01.